The number of ether oxygens (including phenoxy) is 1. The fourth-order valence-electron chi connectivity index (χ4n) is 3.61. The van der Waals surface area contributed by atoms with Crippen molar-refractivity contribution < 1.29 is 26.4 Å². The van der Waals surface area contributed by atoms with E-state index in [1.165, 1.54) is 23.5 Å². The van der Waals surface area contributed by atoms with Gasteiger partial charge < -0.3 is 4.74 Å². The lowest BCUT2D eigenvalue weighted by atomic mass is 10.1. The molecule has 190 valence electrons. The van der Waals surface area contributed by atoms with Gasteiger partial charge in [-0.05, 0) is 12.1 Å². The molecule has 3 heterocycles. The summed E-state index contributed by atoms with van der Waals surface area (Å²) in [6.45, 7) is 3.57. The number of nitrogens with zero attached hydrogens (tertiary/aromatic N) is 4. The summed E-state index contributed by atoms with van der Waals surface area (Å²) in [4.78, 5) is 20.6. The van der Waals surface area contributed by atoms with Crippen molar-refractivity contribution >= 4 is 47.8 Å². The van der Waals surface area contributed by atoms with Crippen molar-refractivity contribution in [1.29, 1.82) is 0 Å². The van der Waals surface area contributed by atoms with Gasteiger partial charge in [0.1, 0.15) is 0 Å². The smallest absolute Gasteiger partial charge is 0.278 e. The summed E-state index contributed by atoms with van der Waals surface area (Å²) >= 11 is 1.32. The number of benzene rings is 1. The predicted octanol–water partition coefficient (Wildman–Crippen LogP) is 0.452. The highest BCUT2D eigenvalue weighted by Crippen LogP contribution is 2.21. The molecule has 1 N–H and O–H groups in total. The monoisotopic (exact) mass is 541 g/mol. The van der Waals surface area contributed by atoms with Crippen molar-refractivity contribution in [2.45, 2.75) is 11.4 Å². The second kappa shape index (κ2) is 10.7. The first-order valence-corrected chi connectivity index (χ1v) is 15.5. The number of amides is 1. The van der Waals surface area contributed by atoms with E-state index in [0.717, 1.165) is 11.1 Å². The van der Waals surface area contributed by atoms with E-state index < -0.39 is 25.6 Å². The first kappa shape index (κ1) is 25.7. The summed E-state index contributed by atoms with van der Waals surface area (Å²) < 4.78 is 52.2. The third-order valence-electron chi connectivity index (χ3n) is 5.59. The number of thiazole rings is 1. The minimum Gasteiger partial charge on any atom is -0.378 e. The first-order chi connectivity index (χ1) is 16.6. The van der Waals surface area contributed by atoms with E-state index in [1.807, 2.05) is 0 Å². The van der Waals surface area contributed by atoms with Crippen LogP contribution in [0, 0.1) is 0 Å². The molecule has 35 heavy (non-hydrogen) atoms. The summed E-state index contributed by atoms with van der Waals surface area (Å²) in [7, 11) is -6.32. The Hall–Kier alpha value is -2.39. The van der Waals surface area contributed by atoms with E-state index >= 15 is 0 Å². The van der Waals surface area contributed by atoms with Crippen LogP contribution >= 0.6 is 11.3 Å². The van der Waals surface area contributed by atoms with Crippen LogP contribution in [0.3, 0.4) is 0 Å². The summed E-state index contributed by atoms with van der Waals surface area (Å²) in [6, 6.07) is 6.03. The van der Waals surface area contributed by atoms with E-state index in [1.54, 1.807) is 23.3 Å². The fourth-order valence-corrected chi connectivity index (χ4v) is 6.37. The quantitative estimate of drug-likeness (QED) is 0.495. The molecule has 0 aliphatic carbocycles. The summed E-state index contributed by atoms with van der Waals surface area (Å²) in [5.74, 6) is -0.169. The maximum absolute atomic E-state index is 13.2. The van der Waals surface area contributed by atoms with E-state index in [4.69, 9.17) is 4.74 Å². The van der Waals surface area contributed by atoms with Crippen molar-refractivity contribution in [3.05, 3.63) is 40.9 Å². The van der Waals surface area contributed by atoms with Gasteiger partial charge in [-0.15, -0.1) is 11.3 Å². The van der Waals surface area contributed by atoms with Crippen LogP contribution in [0.25, 0.3) is 0 Å². The Morgan fingerprint density at radius 3 is 2.43 bits per heavy atom. The molecule has 4 rings (SSSR count). The number of morpholine rings is 1. The van der Waals surface area contributed by atoms with Gasteiger partial charge in [0.25, 0.3) is 5.91 Å². The standard InChI is InChI=1S/C21H27N5O6S3/c1-34(28,29)18-4-2-16(3-5-18)19(24-26-6-10-32-11-7-26)20(27)23-21-22-14-17(33-21)15-25-8-12-35(30,31)13-9-25/h2-5,14H,6-13,15H2,1H3,(H,22,23,27)/b24-19+. The zero-order valence-electron chi connectivity index (χ0n) is 19.2. The molecule has 0 atom stereocenters. The maximum atomic E-state index is 13.2. The maximum Gasteiger partial charge on any atom is 0.278 e. The topological polar surface area (TPSA) is 138 Å². The molecule has 2 aliphatic rings. The average molecular weight is 542 g/mol. The minimum atomic E-state index is -3.37. The molecule has 0 radical (unpaired) electrons. The fraction of sp³-hybridized carbons (Fsp3) is 0.476. The molecule has 1 aromatic heterocycles. The van der Waals surface area contributed by atoms with Gasteiger partial charge >= 0.3 is 0 Å². The van der Waals surface area contributed by atoms with Gasteiger partial charge in [0.15, 0.2) is 30.5 Å². The molecule has 14 heteroatoms. The molecular weight excluding hydrogens is 514 g/mol. The number of hydrogen-bond donors (Lipinski definition) is 1. The molecule has 0 saturated carbocycles. The van der Waals surface area contributed by atoms with Gasteiger partial charge in [0.05, 0.1) is 42.7 Å². The van der Waals surface area contributed by atoms with Crippen molar-refractivity contribution in [3.8, 4) is 0 Å². The number of anilines is 1. The van der Waals surface area contributed by atoms with Crippen LogP contribution < -0.4 is 5.32 Å². The summed E-state index contributed by atoms with van der Waals surface area (Å²) in [5.41, 5.74) is 0.623. The van der Waals surface area contributed by atoms with Crippen LogP contribution in [0.4, 0.5) is 5.13 Å². The largest absolute Gasteiger partial charge is 0.378 e. The lowest BCUT2D eigenvalue weighted by Gasteiger charge is -2.25. The Morgan fingerprint density at radius 1 is 1.14 bits per heavy atom. The summed E-state index contributed by atoms with van der Waals surface area (Å²) in [6.07, 6.45) is 2.80. The highest BCUT2D eigenvalue weighted by atomic mass is 32.2. The van der Waals surface area contributed by atoms with E-state index in [2.05, 4.69) is 20.3 Å². The van der Waals surface area contributed by atoms with Crippen LogP contribution in [0.5, 0.6) is 0 Å². The van der Waals surface area contributed by atoms with Gasteiger partial charge in [-0.2, -0.15) is 5.10 Å². The van der Waals surface area contributed by atoms with Gasteiger partial charge in [-0.1, -0.05) is 12.1 Å². The SMILES string of the molecule is CS(=O)(=O)c1ccc(/C(=N\N2CCOCC2)C(=O)Nc2ncc(CN3CCS(=O)(=O)CC3)s2)cc1. The van der Waals surface area contributed by atoms with Crippen molar-refractivity contribution in [2.75, 3.05) is 62.5 Å². The Morgan fingerprint density at radius 2 is 1.80 bits per heavy atom. The van der Waals surface area contributed by atoms with E-state index in [9.17, 15) is 21.6 Å². The Kier molecular flexibility index (Phi) is 7.86. The molecule has 0 bridgehead atoms. The zero-order valence-corrected chi connectivity index (χ0v) is 21.7. The summed E-state index contributed by atoms with van der Waals surface area (Å²) in [5, 5.41) is 9.47. The highest BCUT2D eigenvalue weighted by Gasteiger charge is 2.23. The van der Waals surface area contributed by atoms with Gasteiger partial charge in [0.2, 0.25) is 0 Å². The zero-order chi connectivity index (χ0) is 25.1. The first-order valence-electron chi connectivity index (χ1n) is 11.0. The molecule has 1 aromatic carbocycles. The molecule has 2 aromatic rings. The lowest BCUT2D eigenvalue weighted by molar-refractivity contribution is -0.110. The Labute approximate surface area is 208 Å². The lowest BCUT2D eigenvalue weighted by Crippen LogP contribution is -2.39. The number of carbonyl (C=O) groups is 1. The Balaban J connectivity index is 1.49. The predicted molar refractivity (Wildman–Crippen MR) is 133 cm³/mol. The number of rotatable bonds is 7. The number of nitrogens with one attached hydrogen (secondary N) is 1. The molecule has 0 spiro atoms. The number of hydrazone groups is 1. The molecule has 2 fully saturated rings. The molecular formula is C21H27N5O6S3. The second-order valence-electron chi connectivity index (χ2n) is 8.33. The van der Waals surface area contributed by atoms with Gasteiger partial charge in [-0.25, -0.2) is 21.8 Å². The molecule has 2 saturated heterocycles. The van der Waals surface area contributed by atoms with Crippen molar-refractivity contribution in [3.63, 3.8) is 0 Å². The second-order valence-corrected chi connectivity index (χ2v) is 13.8. The minimum absolute atomic E-state index is 0.143. The van der Waals surface area contributed by atoms with Crippen LogP contribution in [0.15, 0.2) is 40.5 Å². The molecule has 2 aliphatic heterocycles. The normalized spacial score (nSPS) is 19.5. The number of aromatic nitrogens is 1. The van der Waals surface area contributed by atoms with Crippen LogP contribution in [-0.4, -0.2) is 101 Å². The third kappa shape index (κ3) is 7.07. The molecule has 11 nitrogen and oxygen atoms in total. The van der Waals surface area contributed by atoms with Crippen LogP contribution in [0.1, 0.15) is 10.4 Å². The number of hydrogen-bond acceptors (Lipinski definition) is 11. The van der Waals surface area contributed by atoms with E-state index in [-0.39, 0.29) is 22.1 Å². The van der Waals surface area contributed by atoms with Gasteiger partial charge in [0, 0.05) is 42.5 Å². The van der Waals surface area contributed by atoms with Crippen molar-refractivity contribution in [2.24, 2.45) is 5.10 Å². The average Bonchev–Trinajstić information content (AvgIpc) is 3.25. The van der Waals surface area contributed by atoms with Crippen LogP contribution in [0.2, 0.25) is 0 Å². The Bertz CT molecular complexity index is 1290. The highest BCUT2D eigenvalue weighted by molar-refractivity contribution is 7.91. The molecule has 0 unspecified atom stereocenters. The number of sulfone groups is 2. The van der Waals surface area contributed by atoms with Crippen LogP contribution in [-0.2, 0) is 35.8 Å². The number of carbonyl (C=O) groups excluding carboxylic acids is 1. The van der Waals surface area contributed by atoms with Gasteiger partial charge in [-0.3, -0.25) is 20.0 Å². The third-order valence-corrected chi connectivity index (χ3v) is 9.23. The molecule has 1 amide bonds. The van der Waals surface area contributed by atoms with E-state index in [0.29, 0.717) is 56.6 Å². The van der Waals surface area contributed by atoms with Crippen molar-refractivity contribution in [1.82, 2.24) is 14.9 Å².